The first-order valence-corrected chi connectivity index (χ1v) is 9.17. The second kappa shape index (κ2) is 9.45. The first-order valence-electron chi connectivity index (χ1n) is 8.29. The van der Waals surface area contributed by atoms with E-state index in [9.17, 15) is 4.79 Å². The monoisotopic (exact) mass is 463 g/mol. The molecule has 3 rings (SSSR count). The summed E-state index contributed by atoms with van der Waals surface area (Å²) in [6.07, 6.45) is 2.10. The van der Waals surface area contributed by atoms with Crippen molar-refractivity contribution in [3.63, 3.8) is 0 Å². The zero-order valence-corrected chi connectivity index (χ0v) is 17.2. The fraction of sp³-hybridized carbons (Fsp3) is 0.625. The van der Waals surface area contributed by atoms with Crippen LogP contribution in [0.3, 0.4) is 0 Å². The summed E-state index contributed by atoms with van der Waals surface area (Å²) in [6.45, 7) is 5.33. The molecule has 1 aromatic rings. The Morgan fingerprint density at radius 3 is 2.54 bits per heavy atom. The number of hydrogen-bond donors (Lipinski definition) is 2. The van der Waals surface area contributed by atoms with E-state index in [1.54, 1.807) is 11.3 Å². The summed E-state index contributed by atoms with van der Waals surface area (Å²) in [7, 11) is 1.82. The van der Waals surface area contributed by atoms with Gasteiger partial charge in [-0.1, -0.05) is 0 Å². The predicted molar refractivity (Wildman–Crippen MR) is 111 cm³/mol. The average Bonchev–Trinajstić information content (AvgIpc) is 3.30. The number of anilines is 1. The van der Waals surface area contributed by atoms with E-state index in [2.05, 4.69) is 42.9 Å². The molecule has 134 valence electrons. The molecule has 1 aliphatic carbocycles. The van der Waals surface area contributed by atoms with Crippen LogP contribution in [0, 0.1) is 5.92 Å². The van der Waals surface area contributed by atoms with Crippen molar-refractivity contribution in [2.75, 3.05) is 51.2 Å². The molecule has 2 fully saturated rings. The third-order valence-electron chi connectivity index (χ3n) is 4.26. The molecule has 0 aromatic carbocycles. The van der Waals surface area contributed by atoms with E-state index >= 15 is 0 Å². The third kappa shape index (κ3) is 5.23. The molecule has 6 nitrogen and oxygen atoms in total. The number of guanidine groups is 1. The van der Waals surface area contributed by atoms with Gasteiger partial charge in [-0.2, -0.15) is 0 Å². The first-order chi connectivity index (χ1) is 11.3. The molecule has 1 aliphatic heterocycles. The van der Waals surface area contributed by atoms with Gasteiger partial charge in [0.15, 0.2) is 5.96 Å². The molecule has 0 atom stereocenters. The number of aliphatic imine (C=N–C) groups is 1. The first kappa shape index (κ1) is 19.3. The smallest absolute Gasteiger partial charge is 0.223 e. The van der Waals surface area contributed by atoms with Gasteiger partial charge in [-0.3, -0.25) is 9.79 Å². The molecular formula is C16H26IN5OS. The van der Waals surface area contributed by atoms with Gasteiger partial charge in [0, 0.05) is 52.2 Å². The lowest BCUT2D eigenvalue weighted by atomic mass is 10.3. The number of carbonyl (C=O) groups excluding carboxylic acids is 1. The highest BCUT2D eigenvalue weighted by Gasteiger charge is 2.29. The van der Waals surface area contributed by atoms with Gasteiger partial charge in [-0.15, -0.1) is 35.3 Å². The number of hydrogen-bond acceptors (Lipinski definition) is 4. The molecule has 1 saturated carbocycles. The Kier molecular flexibility index (Phi) is 7.60. The fourth-order valence-electron chi connectivity index (χ4n) is 2.77. The molecule has 0 radical (unpaired) electrons. The van der Waals surface area contributed by atoms with Crippen molar-refractivity contribution in [2.24, 2.45) is 10.9 Å². The summed E-state index contributed by atoms with van der Waals surface area (Å²) in [5.41, 5.74) is 0. The van der Waals surface area contributed by atoms with E-state index in [4.69, 9.17) is 0 Å². The zero-order valence-electron chi connectivity index (χ0n) is 14.0. The van der Waals surface area contributed by atoms with E-state index in [0.717, 1.165) is 51.5 Å². The van der Waals surface area contributed by atoms with E-state index < -0.39 is 0 Å². The fourth-order valence-corrected chi connectivity index (χ4v) is 3.56. The summed E-state index contributed by atoms with van der Waals surface area (Å²) in [4.78, 5) is 20.7. The number of carbonyl (C=O) groups is 1. The Hall–Kier alpha value is -1.03. The van der Waals surface area contributed by atoms with Crippen LogP contribution in [-0.2, 0) is 4.79 Å². The molecule has 0 bridgehead atoms. The van der Waals surface area contributed by atoms with Gasteiger partial charge in [-0.05, 0) is 30.4 Å². The van der Waals surface area contributed by atoms with Crippen LogP contribution in [0.15, 0.2) is 22.5 Å². The lowest BCUT2D eigenvalue weighted by molar-refractivity contribution is -0.122. The largest absolute Gasteiger partial charge is 0.360 e. The van der Waals surface area contributed by atoms with Gasteiger partial charge in [0.25, 0.3) is 0 Å². The minimum Gasteiger partial charge on any atom is -0.360 e. The lowest BCUT2D eigenvalue weighted by Crippen LogP contribution is -2.53. The van der Waals surface area contributed by atoms with Crippen LogP contribution in [0.5, 0.6) is 0 Å². The van der Waals surface area contributed by atoms with E-state index in [-0.39, 0.29) is 35.8 Å². The molecule has 8 heteroatoms. The summed E-state index contributed by atoms with van der Waals surface area (Å²) >= 11 is 1.79. The second-order valence-corrected chi connectivity index (χ2v) is 6.89. The number of piperazine rings is 1. The van der Waals surface area contributed by atoms with E-state index in [0.29, 0.717) is 6.54 Å². The summed E-state index contributed by atoms with van der Waals surface area (Å²) in [5.74, 6) is 1.41. The zero-order chi connectivity index (χ0) is 16.1. The van der Waals surface area contributed by atoms with Crippen molar-refractivity contribution in [1.82, 2.24) is 15.5 Å². The average molecular weight is 463 g/mol. The third-order valence-corrected chi connectivity index (χ3v) is 5.19. The molecule has 0 spiro atoms. The van der Waals surface area contributed by atoms with E-state index in [1.165, 1.54) is 5.00 Å². The van der Waals surface area contributed by atoms with Gasteiger partial charge in [0.1, 0.15) is 0 Å². The molecule has 2 N–H and O–H groups in total. The van der Waals surface area contributed by atoms with E-state index in [1.807, 2.05) is 7.05 Å². The van der Waals surface area contributed by atoms with Gasteiger partial charge < -0.3 is 20.4 Å². The Morgan fingerprint density at radius 1 is 1.25 bits per heavy atom. The maximum atomic E-state index is 11.6. The molecule has 2 aliphatic rings. The molecule has 1 amide bonds. The van der Waals surface area contributed by atoms with Crippen LogP contribution >= 0.6 is 35.3 Å². The van der Waals surface area contributed by atoms with Crippen LogP contribution in [0.4, 0.5) is 5.00 Å². The van der Waals surface area contributed by atoms with Crippen molar-refractivity contribution in [3.05, 3.63) is 17.5 Å². The number of thiophene rings is 1. The van der Waals surface area contributed by atoms with Crippen LogP contribution in [0.25, 0.3) is 0 Å². The topological polar surface area (TPSA) is 60.0 Å². The van der Waals surface area contributed by atoms with Gasteiger partial charge in [-0.25, -0.2) is 0 Å². The molecule has 0 unspecified atom stereocenters. The highest BCUT2D eigenvalue weighted by Crippen LogP contribution is 2.28. The highest BCUT2D eigenvalue weighted by molar-refractivity contribution is 14.0. The quantitative estimate of drug-likeness (QED) is 0.302. The number of amides is 1. The molecule has 2 heterocycles. The maximum Gasteiger partial charge on any atom is 0.223 e. The minimum atomic E-state index is 0. The predicted octanol–water partition coefficient (Wildman–Crippen LogP) is 1.59. The van der Waals surface area contributed by atoms with Crippen molar-refractivity contribution in [2.45, 2.75) is 12.8 Å². The van der Waals surface area contributed by atoms with Crippen LogP contribution in [0.2, 0.25) is 0 Å². The van der Waals surface area contributed by atoms with Crippen molar-refractivity contribution < 1.29 is 4.79 Å². The van der Waals surface area contributed by atoms with Crippen molar-refractivity contribution in [1.29, 1.82) is 0 Å². The number of nitrogens with zero attached hydrogens (tertiary/aromatic N) is 3. The molecule has 24 heavy (non-hydrogen) atoms. The Morgan fingerprint density at radius 2 is 1.96 bits per heavy atom. The minimum absolute atomic E-state index is 0. The maximum absolute atomic E-state index is 11.6. The lowest BCUT2D eigenvalue weighted by Gasteiger charge is -2.37. The molecule has 1 saturated heterocycles. The van der Waals surface area contributed by atoms with Gasteiger partial charge in [0.05, 0.1) is 5.00 Å². The molecular weight excluding hydrogens is 437 g/mol. The summed E-state index contributed by atoms with van der Waals surface area (Å²) in [6, 6.07) is 4.28. The summed E-state index contributed by atoms with van der Waals surface area (Å²) < 4.78 is 0. The van der Waals surface area contributed by atoms with Crippen LogP contribution < -0.4 is 15.5 Å². The number of nitrogens with one attached hydrogen (secondary N) is 2. The Balaban J connectivity index is 0.00000208. The van der Waals surface area contributed by atoms with Gasteiger partial charge in [0.2, 0.25) is 5.91 Å². The second-order valence-electron chi connectivity index (χ2n) is 5.96. The summed E-state index contributed by atoms with van der Waals surface area (Å²) in [5, 5.41) is 9.79. The highest BCUT2D eigenvalue weighted by atomic mass is 127. The van der Waals surface area contributed by atoms with Crippen molar-refractivity contribution in [3.8, 4) is 0 Å². The number of halogens is 1. The van der Waals surface area contributed by atoms with Crippen LogP contribution in [0.1, 0.15) is 12.8 Å². The SMILES string of the molecule is CN=C(NCCNC(=O)C1CC1)N1CCN(c2cccs2)CC1.I. The van der Waals surface area contributed by atoms with Crippen molar-refractivity contribution >= 4 is 52.2 Å². The number of rotatable bonds is 5. The Bertz CT molecular complexity index is 539. The van der Waals surface area contributed by atoms with Crippen LogP contribution in [-0.4, -0.2) is 63.1 Å². The molecule has 1 aromatic heterocycles. The standard InChI is InChI=1S/C16H25N5OS.HI/c1-17-16(19-7-6-18-15(22)13-4-5-13)21-10-8-20(9-11-21)14-3-2-12-23-14;/h2-3,12-13H,4-11H2,1H3,(H,17,19)(H,18,22);1H. The van der Waals surface area contributed by atoms with Gasteiger partial charge >= 0.3 is 0 Å². The normalized spacial score (nSPS) is 18.1. The Labute approximate surface area is 164 Å².